The van der Waals surface area contributed by atoms with Crippen LogP contribution in [0.15, 0.2) is 29.4 Å². The largest absolute Gasteiger partial charge is 0.318 e. The molecule has 0 amide bonds. The van der Waals surface area contributed by atoms with E-state index in [0.717, 1.165) is 0 Å². The summed E-state index contributed by atoms with van der Waals surface area (Å²) in [6.07, 6.45) is 2.90. The number of nitrogens with one attached hydrogen (secondary N) is 1. The van der Waals surface area contributed by atoms with Crippen molar-refractivity contribution >= 4 is 10.0 Å². The minimum absolute atomic E-state index is 0.226. The summed E-state index contributed by atoms with van der Waals surface area (Å²) in [6.45, 7) is 1.06. The highest BCUT2D eigenvalue weighted by Crippen LogP contribution is 2.11. The first-order chi connectivity index (χ1) is 7.09. The van der Waals surface area contributed by atoms with Gasteiger partial charge in [0.25, 0.3) is 0 Å². The number of nitrogens with zero attached hydrogens (tertiary/aromatic N) is 2. The topological polar surface area (TPSA) is 62.3 Å². The third kappa shape index (κ3) is 2.98. The number of pyridine rings is 1. The van der Waals surface area contributed by atoms with Gasteiger partial charge in [-0.05, 0) is 19.2 Å². The predicted molar refractivity (Wildman–Crippen MR) is 58.0 cm³/mol. The molecule has 0 aliphatic rings. The van der Waals surface area contributed by atoms with Crippen molar-refractivity contribution in [1.82, 2.24) is 14.6 Å². The van der Waals surface area contributed by atoms with Crippen LogP contribution in [0.25, 0.3) is 0 Å². The molecule has 0 spiro atoms. The van der Waals surface area contributed by atoms with Gasteiger partial charge in [-0.15, -0.1) is 0 Å². The van der Waals surface area contributed by atoms with Gasteiger partial charge in [-0.25, -0.2) is 8.42 Å². The van der Waals surface area contributed by atoms with Crippen molar-refractivity contribution in [2.75, 3.05) is 27.2 Å². The van der Waals surface area contributed by atoms with E-state index in [2.05, 4.69) is 10.3 Å². The van der Waals surface area contributed by atoms with Crippen LogP contribution in [0.1, 0.15) is 0 Å². The third-order valence-electron chi connectivity index (χ3n) is 2.02. The molecular formula is C9H15N3O2S. The second-order valence-electron chi connectivity index (χ2n) is 3.12. The van der Waals surface area contributed by atoms with Gasteiger partial charge in [0.2, 0.25) is 10.0 Å². The Balaban J connectivity index is 2.84. The Kier molecular flexibility index (Phi) is 4.19. The molecule has 0 saturated heterocycles. The van der Waals surface area contributed by atoms with Gasteiger partial charge in [0, 0.05) is 32.5 Å². The molecule has 1 N–H and O–H groups in total. The molecule has 0 radical (unpaired) electrons. The standard InChI is InChI=1S/C9H15N3O2S/c1-10-6-7-12(2)15(13,14)9-4-3-5-11-8-9/h3-5,8,10H,6-7H2,1-2H3. The second kappa shape index (κ2) is 5.20. The zero-order valence-electron chi connectivity index (χ0n) is 8.84. The summed E-state index contributed by atoms with van der Waals surface area (Å²) in [6, 6.07) is 3.15. The minimum atomic E-state index is -3.38. The summed E-state index contributed by atoms with van der Waals surface area (Å²) in [4.78, 5) is 4.02. The molecule has 6 heteroatoms. The first-order valence-corrected chi connectivity index (χ1v) is 6.04. The van der Waals surface area contributed by atoms with Crippen LogP contribution in [0.5, 0.6) is 0 Å². The number of hydrogen-bond donors (Lipinski definition) is 1. The van der Waals surface area contributed by atoms with Gasteiger partial charge in [-0.3, -0.25) is 4.98 Å². The van der Waals surface area contributed by atoms with Crippen molar-refractivity contribution < 1.29 is 8.42 Å². The van der Waals surface area contributed by atoms with Crippen LogP contribution in [-0.4, -0.2) is 44.9 Å². The zero-order chi connectivity index (χ0) is 11.3. The van der Waals surface area contributed by atoms with Gasteiger partial charge in [0.05, 0.1) is 0 Å². The number of likely N-dealkylation sites (N-methyl/N-ethyl adjacent to an activating group) is 2. The Morgan fingerprint density at radius 2 is 2.27 bits per heavy atom. The normalized spacial score (nSPS) is 11.9. The minimum Gasteiger partial charge on any atom is -0.318 e. The summed E-state index contributed by atoms with van der Waals surface area (Å²) in [7, 11) is -0.0429. The lowest BCUT2D eigenvalue weighted by molar-refractivity contribution is 0.466. The Labute approximate surface area is 90.2 Å². The van der Waals surface area contributed by atoms with Gasteiger partial charge in [0.15, 0.2) is 0 Å². The second-order valence-corrected chi connectivity index (χ2v) is 5.16. The third-order valence-corrected chi connectivity index (χ3v) is 3.86. The van der Waals surface area contributed by atoms with E-state index in [-0.39, 0.29) is 4.90 Å². The molecule has 0 aliphatic carbocycles. The van der Waals surface area contributed by atoms with E-state index in [1.165, 1.54) is 16.6 Å². The maximum absolute atomic E-state index is 11.9. The molecule has 1 heterocycles. The lowest BCUT2D eigenvalue weighted by atomic mass is 10.5. The quantitative estimate of drug-likeness (QED) is 0.767. The molecule has 84 valence electrons. The van der Waals surface area contributed by atoms with E-state index in [1.807, 2.05) is 0 Å². The smallest absolute Gasteiger partial charge is 0.244 e. The monoisotopic (exact) mass is 229 g/mol. The fourth-order valence-corrected chi connectivity index (χ4v) is 2.21. The summed E-state index contributed by atoms with van der Waals surface area (Å²) >= 11 is 0. The lowest BCUT2D eigenvalue weighted by Crippen LogP contribution is -2.32. The number of sulfonamides is 1. The average molecular weight is 229 g/mol. The van der Waals surface area contributed by atoms with Crippen LogP contribution in [-0.2, 0) is 10.0 Å². The highest BCUT2D eigenvalue weighted by atomic mass is 32.2. The highest BCUT2D eigenvalue weighted by molar-refractivity contribution is 7.89. The number of hydrogen-bond acceptors (Lipinski definition) is 4. The average Bonchev–Trinajstić information content (AvgIpc) is 2.27. The van der Waals surface area contributed by atoms with Crippen LogP contribution >= 0.6 is 0 Å². The molecule has 1 rings (SSSR count). The summed E-state index contributed by atoms with van der Waals surface area (Å²) in [5.41, 5.74) is 0. The van der Waals surface area contributed by atoms with Gasteiger partial charge in [-0.1, -0.05) is 0 Å². The first kappa shape index (κ1) is 12.1. The van der Waals surface area contributed by atoms with Crippen molar-refractivity contribution in [1.29, 1.82) is 0 Å². The molecule has 15 heavy (non-hydrogen) atoms. The Morgan fingerprint density at radius 3 is 2.80 bits per heavy atom. The molecule has 5 nitrogen and oxygen atoms in total. The van der Waals surface area contributed by atoms with Crippen LogP contribution < -0.4 is 5.32 Å². The Bertz CT molecular complexity index is 391. The van der Waals surface area contributed by atoms with Gasteiger partial charge >= 0.3 is 0 Å². The van der Waals surface area contributed by atoms with Crippen molar-refractivity contribution in [2.45, 2.75) is 4.90 Å². The first-order valence-electron chi connectivity index (χ1n) is 4.60. The highest BCUT2D eigenvalue weighted by Gasteiger charge is 2.19. The predicted octanol–water partition coefficient (Wildman–Crippen LogP) is -0.0785. The molecule has 0 fully saturated rings. The van der Waals surface area contributed by atoms with E-state index in [9.17, 15) is 8.42 Å². The van der Waals surface area contributed by atoms with E-state index < -0.39 is 10.0 Å². The zero-order valence-corrected chi connectivity index (χ0v) is 9.66. The molecule has 0 aromatic carbocycles. The van der Waals surface area contributed by atoms with Crippen molar-refractivity contribution in [3.63, 3.8) is 0 Å². The molecule has 1 aromatic rings. The summed E-state index contributed by atoms with van der Waals surface area (Å²) in [5, 5.41) is 2.90. The van der Waals surface area contributed by atoms with E-state index in [4.69, 9.17) is 0 Å². The van der Waals surface area contributed by atoms with Crippen molar-refractivity contribution in [2.24, 2.45) is 0 Å². The van der Waals surface area contributed by atoms with Gasteiger partial charge in [-0.2, -0.15) is 4.31 Å². The lowest BCUT2D eigenvalue weighted by Gasteiger charge is -2.16. The number of aromatic nitrogens is 1. The maximum Gasteiger partial charge on any atom is 0.244 e. The van der Waals surface area contributed by atoms with E-state index >= 15 is 0 Å². The molecule has 0 unspecified atom stereocenters. The molecule has 0 atom stereocenters. The Hall–Kier alpha value is -0.980. The molecule has 0 bridgehead atoms. The molecule has 1 aromatic heterocycles. The fourth-order valence-electron chi connectivity index (χ4n) is 1.07. The number of rotatable bonds is 5. The van der Waals surface area contributed by atoms with Crippen LogP contribution in [0.4, 0.5) is 0 Å². The van der Waals surface area contributed by atoms with Crippen LogP contribution in [0.2, 0.25) is 0 Å². The van der Waals surface area contributed by atoms with E-state index in [1.54, 1.807) is 26.4 Å². The Morgan fingerprint density at radius 1 is 1.53 bits per heavy atom. The molecular weight excluding hydrogens is 214 g/mol. The van der Waals surface area contributed by atoms with E-state index in [0.29, 0.717) is 13.1 Å². The maximum atomic E-state index is 11.9. The van der Waals surface area contributed by atoms with Crippen molar-refractivity contribution in [3.8, 4) is 0 Å². The molecule has 0 aliphatic heterocycles. The van der Waals surface area contributed by atoms with Gasteiger partial charge in [0.1, 0.15) is 4.90 Å². The van der Waals surface area contributed by atoms with Gasteiger partial charge < -0.3 is 5.32 Å². The summed E-state index contributed by atoms with van der Waals surface area (Å²) in [5.74, 6) is 0. The van der Waals surface area contributed by atoms with Crippen LogP contribution in [0.3, 0.4) is 0 Å². The fraction of sp³-hybridized carbons (Fsp3) is 0.444. The summed E-state index contributed by atoms with van der Waals surface area (Å²) < 4.78 is 25.1. The SMILES string of the molecule is CNCCN(C)S(=O)(=O)c1cccnc1. The van der Waals surface area contributed by atoms with Crippen molar-refractivity contribution in [3.05, 3.63) is 24.5 Å². The molecule has 0 saturated carbocycles. The van der Waals surface area contributed by atoms with Crippen LogP contribution in [0, 0.1) is 0 Å².